The van der Waals surface area contributed by atoms with E-state index in [1.165, 1.54) is 16.9 Å². The second-order valence-electron chi connectivity index (χ2n) is 8.07. The number of pyridine rings is 1. The molecule has 4 aromatic rings. The molecule has 0 spiro atoms. The molecule has 6 nitrogen and oxygen atoms in total. The molecule has 0 fully saturated rings. The number of para-hydroxylation sites is 1. The molecule has 1 N–H and O–H groups in total. The van der Waals surface area contributed by atoms with Gasteiger partial charge in [-0.3, -0.25) is 14.6 Å². The summed E-state index contributed by atoms with van der Waals surface area (Å²) in [5.74, 6) is 0.177. The number of rotatable bonds is 4. The zero-order valence-electron chi connectivity index (χ0n) is 18.0. The summed E-state index contributed by atoms with van der Waals surface area (Å²) in [6.45, 7) is 5.40. The molecule has 4 heterocycles. The SMILES string of the molecule is Cc1ccsc1C(=O)NCc1c(C)ncc2c1CCN(C(=O)c1cc3ccccc3o1)C2. The second-order valence-corrected chi connectivity index (χ2v) is 8.98. The number of fused-ring (bicyclic) bond motifs is 2. The van der Waals surface area contributed by atoms with Crippen molar-refractivity contribution >= 4 is 34.1 Å². The maximum atomic E-state index is 13.1. The molecule has 0 aliphatic carbocycles. The molecule has 32 heavy (non-hydrogen) atoms. The Kier molecular flexibility index (Phi) is 5.27. The first-order valence-electron chi connectivity index (χ1n) is 10.6. The van der Waals surface area contributed by atoms with Gasteiger partial charge < -0.3 is 14.6 Å². The Hall–Kier alpha value is -3.45. The number of carbonyl (C=O) groups excluding carboxylic acids is 2. The van der Waals surface area contributed by atoms with E-state index in [1.807, 2.05) is 55.8 Å². The van der Waals surface area contributed by atoms with Crippen molar-refractivity contribution < 1.29 is 14.0 Å². The lowest BCUT2D eigenvalue weighted by atomic mass is 9.94. The van der Waals surface area contributed by atoms with Gasteiger partial charge in [0.1, 0.15) is 5.58 Å². The second kappa shape index (κ2) is 8.24. The van der Waals surface area contributed by atoms with Gasteiger partial charge in [-0.05, 0) is 66.1 Å². The molecule has 1 aromatic carbocycles. The molecule has 0 radical (unpaired) electrons. The van der Waals surface area contributed by atoms with Crippen molar-refractivity contribution in [1.29, 1.82) is 0 Å². The molecule has 0 unspecified atom stereocenters. The monoisotopic (exact) mass is 445 g/mol. The van der Waals surface area contributed by atoms with Crippen molar-refractivity contribution in [3.63, 3.8) is 0 Å². The number of nitrogens with one attached hydrogen (secondary N) is 1. The maximum Gasteiger partial charge on any atom is 0.289 e. The van der Waals surface area contributed by atoms with E-state index in [2.05, 4.69) is 10.3 Å². The van der Waals surface area contributed by atoms with E-state index in [0.29, 0.717) is 37.4 Å². The van der Waals surface area contributed by atoms with Crippen molar-refractivity contribution in [2.45, 2.75) is 33.4 Å². The number of hydrogen-bond acceptors (Lipinski definition) is 5. The lowest BCUT2D eigenvalue weighted by molar-refractivity contribution is 0.0704. The smallest absolute Gasteiger partial charge is 0.289 e. The molecule has 2 amide bonds. The molecule has 5 rings (SSSR count). The minimum Gasteiger partial charge on any atom is -0.451 e. The van der Waals surface area contributed by atoms with E-state index in [1.54, 1.807) is 11.0 Å². The molecule has 0 bridgehead atoms. The highest BCUT2D eigenvalue weighted by Crippen LogP contribution is 2.27. The zero-order chi connectivity index (χ0) is 22.2. The number of thiophene rings is 1. The minimum absolute atomic E-state index is 0.0630. The number of benzene rings is 1. The Morgan fingerprint density at radius 3 is 2.84 bits per heavy atom. The number of aryl methyl sites for hydroxylation is 2. The molecular formula is C25H23N3O3S. The summed E-state index contributed by atoms with van der Waals surface area (Å²) in [5, 5.41) is 5.89. The van der Waals surface area contributed by atoms with Crippen molar-refractivity contribution in [2.75, 3.05) is 6.54 Å². The summed E-state index contributed by atoms with van der Waals surface area (Å²) in [4.78, 5) is 32.7. The third-order valence-corrected chi connectivity index (χ3v) is 7.03. The van der Waals surface area contributed by atoms with Crippen LogP contribution < -0.4 is 5.32 Å². The van der Waals surface area contributed by atoms with Crippen LogP contribution in [0.5, 0.6) is 0 Å². The normalized spacial score (nSPS) is 13.2. The molecular weight excluding hydrogens is 422 g/mol. The summed E-state index contributed by atoms with van der Waals surface area (Å²) < 4.78 is 5.77. The lowest BCUT2D eigenvalue weighted by Gasteiger charge is -2.30. The van der Waals surface area contributed by atoms with Crippen LogP contribution in [0.3, 0.4) is 0 Å². The summed E-state index contributed by atoms with van der Waals surface area (Å²) in [6.07, 6.45) is 2.56. The highest BCUT2D eigenvalue weighted by molar-refractivity contribution is 7.12. The van der Waals surface area contributed by atoms with E-state index in [9.17, 15) is 9.59 Å². The molecule has 3 aromatic heterocycles. The van der Waals surface area contributed by atoms with Gasteiger partial charge in [0.15, 0.2) is 5.76 Å². The van der Waals surface area contributed by atoms with Gasteiger partial charge in [0.2, 0.25) is 0 Å². The molecule has 0 saturated carbocycles. The highest BCUT2D eigenvalue weighted by atomic mass is 32.1. The van der Waals surface area contributed by atoms with Gasteiger partial charge in [0.05, 0.1) is 4.88 Å². The number of hydrogen-bond donors (Lipinski definition) is 1. The van der Waals surface area contributed by atoms with Gasteiger partial charge in [-0.1, -0.05) is 18.2 Å². The van der Waals surface area contributed by atoms with Crippen LogP contribution in [-0.2, 0) is 19.5 Å². The van der Waals surface area contributed by atoms with Gasteiger partial charge in [0.25, 0.3) is 11.8 Å². The first-order valence-corrected chi connectivity index (χ1v) is 11.5. The fourth-order valence-corrected chi connectivity index (χ4v) is 5.07. The Balaban J connectivity index is 1.34. The predicted molar refractivity (Wildman–Crippen MR) is 124 cm³/mol. The topological polar surface area (TPSA) is 75.4 Å². The molecule has 1 aliphatic rings. The maximum absolute atomic E-state index is 13.1. The van der Waals surface area contributed by atoms with Gasteiger partial charge in [-0.15, -0.1) is 11.3 Å². The standard InChI is InChI=1S/C25H23N3O3S/c1-15-8-10-32-23(15)24(29)27-13-20-16(2)26-12-18-14-28(9-7-19(18)20)25(30)22-11-17-5-3-4-6-21(17)31-22/h3-6,8,10-12H,7,9,13-14H2,1-2H3,(H,27,29). The van der Waals surface area contributed by atoms with Gasteiger partial charge >= 0.3 is 0 Å². The average molecular weight is 446 g/mol. The Morgan fingerprint density at radius 2 is 2.06 bits per heavy atom. The molecule has 0 saturated heterocycles. The first-order chi connectivity index (χ1) is 15.5. The first kappa shape index (κ1) is 20.5. The van der Waals surface area contributed by atoms with Crippen molar-refractivity contribution in [2.24, 2.45) is 0 Å². The number of nitrogens with zero attached hydrogens (tertiary/aromatic N) is 2. The molecule has 7 heteroatoms. The van der Waals surface area contributed by atoms with Crippen molar-refractivity contribution in [3.8, 4) is 0 Å². The Morgan fingerprint density at radius 1 is 1.22 bits per heavy atom. The number of aromatic nitrogens is 1. The predicted octanol–water partition coefficient (Wildman–Crippen LogP) is 4.63. The van der Waals surface area contributed by atoms with E-state index < -0.39 is 0 Å². The summed E-state index contributed by atoms with van der Waals surface area (Å²) >= 11 is 1.45. The number of furan rings is 1. The van der Waals surface area contributed by atoms with Crippen molar-refractivity contribution in [1.82, 2.24) is 15.2 Å². The van der Waals surface area contributed by atoms with Crippen molar-refractivity contribution in [3.05, 3.63) is 86.6 Å². The summed E-state index contributed by atoms with van der Waals surface area (Å²) in [5.41, 5.74) is 5.84. The molecule has 0 atom stereocenters. The van der Waals surface area contributed by atoms with Crippen LogP contribution in [0.1, 0.15) is 48.2 Å². The molecule has 162 valence electrons. The van der Waals surface area contributed by atoms with Gasteiger partial charge in [0, 0.05) is 36.9 Å². The van der Waals surface area contributed by atoms with Crippen LogP contribution in [0.15, 0.2) is 52.4 Å². The van der Waals surface area contributed by atoms with Gasteiger partial charge in [-0.2, -0.15) is 0 Å². The van der Waals surface area contributed by atoms with E-state index in [-0.39, 0.29) is 11.8 Å². The fraction of sp³-hybridized carbons (Fsp3) is 0.240. The van der Waals surface area contributed by atoms with E-state index >= 15 is 0 Å². The van der Waals surface area contributed by atoms with Gasteiger partial charge in [-0.25, -0.2) is 0 Å². The van der Waals surface area contributed by atoms with Crippen LogP contribution in [0.25, 0.3) is 11.0 Å². The van der Waals surface area contributed by atoms with Crippen LogP contribution in [-0.4, -0.2) is 28.2 Å². The third kappa shape index (κ3) is 3.69. The summed E-state index contributed by atoms with van der Waals surface area (Å²) in [6, 6.07) is 11.4. The minimum atomic E-state index is -0.115. The average Bonchev–Trinajstić information content (AvgIpc) is 3.43. The lowest BCUT2D eigenvalue weighted by Crippen LogP contribution is -2.37. The fourth-order valence-electron chi connectivity index (χ4n) is 4.23. The quantitative estimate of drug-likeness (QED) is 0.497. The number of carbonyl (C=O) groups is 2. The van der Waals surface area contributed by atoms with E-state index in [0.717, 1.165) is 32.6 Å². The van der Waals surface area contributed by atoms with Crippen LogP contribution in [0, 0.1) is 13.8 Å². The largest absolute Gasteiger partial charge is 0.451 e. The Labute approximate surface area is 189 Å². The van der Waals surface area contributed by atoms with Crippen LogP contribution in [0.2, 0.25) is 0 Å². The van der Waals surface area contributed by atoms with Crippen LogP contribution in [0.4, 0.5) is 0 Å². The Bertz CT molecular complexity index is 1300. The third-order valence-electron chi connectivity index (χ3n) is 6.01. The van der Waals surface area contributed by atoms with E-state index in [4.69, 9.17) is 4.42 Å². The highest BCUT2D eigenvalue weighted by Gasteiger charge is 2.27. The molecule has 1 aliphatic heterocycles. The zero-order valence-corrected chi connectivity index (χ0v) is 18.8. The van der Waals surface area contributed by atoms with Crippen LogP contribution >= 0.6 is 11.3 Å². The summed E-state index contributed by atoms with van der Waals surface area (Å²) in [7, 11) is 0. The number of amides is 2.